The molecular weight excluding hydrogens is 512 g/mol. The molecule has 5 heteroatoms. The Kier molecular flexibility index (Phi) is 12.0. The summed E-state index contributed by atoms with van der Waals surface area (Å²) in [6.45, 7) is 22.3. The molecule has 1 heterocycles. The number of ether oxygens (including phenoxy) is 2. The van der Waals surface area contributed by atoms with E-state index in [0.29, 0.717) is 28.8 Å². The Bertz CT molecular complexity index is 1330. The van der Waals surface area contributed by atoms with E-state index in [2.05, 4.69) is 39.5 Å². The predicted octanol–water partition coefficient (Wildman–Crippen LogP) is 9.69. The van der Waals surface area contributed by atoms with Gasteiger partial charge in [-0.2, -0.15) is 0 Å². The molecule has 3 aromatic rings. The van der Waals surface area contributed by atoms with Crippen LogP contribution in [0.25, 0.3) is 22.1 Å². The largest absolute Gasteiger partial charge is 0.484 e. The van der Waals surface area contributed by atoms with E-state index in [1.165, 1.54) is 43.2 Å². The number of fused-ring (bicyclic) bond motifs is 1. The van der Waals surface area contributed by atoms with Crippen LogP contribution < -0.4 is 10.4 Å². The van der Waals surface area contributed by atoms with Crippen LogP contribution in [0, 0.1) is 5.41 Å². The lowest BCUT2D eigenvalue weighted by Gasteiger charge is -2.39. The maximum absolute atomic E-state index is 12.7. The van der Waals surface area contributed by atoms with Gasteiger partial charge in [0.15, 0.2) is 0 Å². The Morgan fingerprint density at radius 2 is 1.59 bits per heavy atom. The molecule has 41 heavy (non-hydrogen) atoms. The van der Waals surface area contributed by atoms with Crippen molar-refractivity contribution in [1.82, 2.24) is 0 Å². The molecule has 1 aliphatic carbocycles. The zero-order valence-electron chi connectivity index (χ0n) is 26.7. The van der Waals surface area contributed by atoms with Crippen molar-refractivity contribution in [3.63, 3.8) is 0 Å². The second-order valence-electron chi connectivity index (χ2n) is 12.4. The van der Waals surface area contributed by atoms with Crippen molar-refractivity contribution in [2.75, 3.05) is 0 Å². The van der Waals surface area contributed by atoms with E-state index in [4.69, 9.17) is 13.9 Å². The monoisotopic (exact) mass is 562 g/mol. The smallest absolute Gasteiger partial charge is 0.344 e. The first-order chi connectivity index (χ1) is 19.3. The van der Waals surface area contributed by atoms with Crippen molar-refractivity contribution in [3.8, 4) is 16.9 Å². The molecule has 0 bridgehead atoms. The predicted molar refractivity (Wildman–Crippen MR) is 171 cm³/mol. The van der Waals surface area contributed by atoms with Crippen LogP contribution in [0.3, 0.4) is 0 Å². The number of allylic oxidation sites excluding steroid dienone is 1. The molecule has 0 spiro atoms. The highest BCUT2D eigenvalue weighted by Gasteiger charge is 2.41. The van der Waals surface area contributed by atoms with Crippen molar-refractivity contribution in [1.29, 1.82) is 0 Å². The fraction of sp³-hybridized carbons (Fsp3) is 0.500. The van der Waals surface area contributed by atoms with Crippen LogP contribution in [-0.4, -0.2) is 17.7 Å². The fourth-order valence-corrected chi connectivity index (χ4v) is 4.77. The quantitative estimate of drug-likeness (QED) is 0.106. The second-order valence-corrected chi connectivity index (χ2v) is 12.4. The number of hydrogen-bond donors (Lipinski definition) is 0. The SMILES string of the molecule is C=C1CC(C)(C)C1.CC.CCCCCc1ccc(-c2cc3ccc(OC(C)(C)C(C)(C)OC=O)cc3oc2=O)cc1. The molecule has 0 aliphatic heterocycles. The topological polar surface area (TPSA) is 65.7 Å². The van der Waals surface area contributed by atoms with Crippen LogP contribution in [0.2, 0.25) is 0 Å². The van der Waals surface area contributed by atoms with Gasteiger partial charge >= 0.3 is 5.63 Å². The molecule has 224 valence electrons. The van der Waals surface area contributed by atoms with Crippen molar-refractivity contribution >= 4 is 17.4 Å². The summed E-state index contributed by atoms with van der Waals surface area (Å²) in [6, 6.07) is 15.3. The number of rotatable bonds is 10. The number of unbranched alkanes of at least 4 members (excludes halogenated alkanes) is 2. The molecule has 0 atom stereocenters. The third-order valence-electron chi connectivity index (χ3n) is 7.66. The number of benzene rings is 2. The highest BCUT2D eigenvalue weighted by atomic mass is 16.6. The maximum Gasteiger partial charge on any atom is 0.344 e. The first-order valence-corrected chi connectivity index (χ1v) is 14.9. The Labute approximate surface area is 247 Å². The van der Waals surface area contributed by atoms with Gasteiger partial charge in [-0.1, -0.05) is 83.9 Å². The molecule has 5 nitrogen and oxygen atoms in total. The van der Waals surface area contributed by atoms with Gasteiger partial charge in [-0.3, -0.25) is 4.79 Å². The van der Waals surface area contributed by atoms with E-state index in [1.54, 1.807) is 19.9 Å². The molecule has 2 aromatic carbocycles. The van der Waals surface area contributed by atoms with Crippen LogP contribution in [-0.2, 0) is 16.0 Å². The molecule has 1 aliphatic rings. The minimum Gasteiger partial charge on any atom is -0.484 e. The van der Waals surface area contributed by atoms with Crippen molar-refractivity contribution in [2.45, 2.75) is 112 Å². The first-order valence-electron chi connectivity index (χ1n) is 14.9. The van der Waals surface area contributed by atoms with Gasteiger partial charge in [0, 0.05) is 11.5 Å². The van der Waals surface area contributed by atoms with Crippen LogP contribution in [0.5, 0.6) is 5.75 Å². The van der Waals surface area contributed by atoms with E-state index < -0.39 is 16.8 Å². The van der Waals surface area contributed by atoms with Gasteiger partial charge in [0.05, 0.1) is 5.56 Å². The molecule has 1 aromatic heterocycles. The summed E-state index contributed by atoms with van der Waals surface area (Å²) in [6.07, 6.45) is 7.13. The Hall–Kier alpha value is -3.34. The van der Waals surface area contributed by atoms with Gasteiger partial charge in [-0.25, -0.2) is 4.79 Å². The van der Waals surface area contributed by atoms with E-state index >= 15 is 0 Å². The van der Waals surface area contributed by atoms with Crippen LogP contribution >= 0.6 is 0 Å². The molecule has 0 amide bonds. The van der Waals surface area contributed by atoms with Gasteiger partial charge in [-0.15, -0.1) is 0 Å². The van der Waals surface area contributed by atoms with Crippen LogP contribution in [0.4, 0.5) is 0 Å². The first kappa shape index (κ1) is 33.9. The molecular formula is C36H50O5. The van der Waals surface area contributed by atoms with Gasteiger partial charge in [0.1, 0.15) is 22.5 Å². The maximum atomic E-state index is 12.7. The van der Waals surface area contributed by atoms with E-state index in [1.807, 2.05) is 58.0 Å². The van der Waals surface area contributed by atoms with E-state index in [0.717, 1.165) is 17.4 Å². The van der Waals surface area contributed by atoms with Gasteiger partial charge in [0.25, 0.3) is 6.47 Å². The Morgan fingerprint density at radius 3 is 2.10 bits per heavy atom. The van der Waals surface area contributed by atoms with Crippen LogP contribution in [0.1, 0.15) is 100.0 Å². The highest BCUT2D eigenvalue weighted by molar-refractivity contribution is 5.82. The summed E-state index contributed by atoms with van der Waals surface area (Å²) < 4.78 is 16.9. The molecule has 1 fully saturated rings. The average molecular weight is 563 g/mol. The normalized spacial score (nSPS) is 14.1. The van der Waals surface area contributed by atoms with Crippen molar-refractivity contribution < 1.29 is 18.7 Å². The third-order valence-corrected chi connectivity index (χ3v) is 7.66. The molecule has 0 radical (unpaired) electrons. The summed E-state index contributed by atoms with van der Waals surface area (Å²) in [7, 11) is 0. The summed E-state index contributed by atoms with van der Waals surface area (Å²) in [5, 5.41) is 0.806. The van der Waals surface area contributed by atoms with Crippen molar-refractivity contribution in [2.24, 2.45) is 5.41 Å². The zero-order chi connectivity index (χ0) is 30.8. The summed E-state index contributed by atoms with van der Waals surface area (Å²) in [5.74, 6) is 0.525. The van der Waals surface area contributed by atoms with E-state index in [-0.39, 0.29) is 0 Å². The lowest BCUT2D eigenvalue weighted by atomic mass is 9.69. The minimum absolute atomic E-state index is 0.391. The fourth-order valence-electron chi connectivity index (χ4n) is 4.77. The lowest BCUT2D eigenvalue weighted by Crippen LogP contribution is -2.51. The van der Waals surface area contributed by atoms with Gasteiger partial charge in [0.2, 0.25) is 0 Å². The highest BCUT2D eigenvalue weighted by Crippen LogP contribution is 2.42. The van der Waals surface area contributed by atoms with Crippen LogP contribution in [0.15, 0.2) is 69.9 Å². The average Bonchev–Trinajstić information content (AvgIpc) is 2.89. The molecule has 0 unspecified atom stereocenters. The summed E-state index contributed by atoms with van der Waals surface area (Å²) >= 11 is 0. The van der Waals surface area contributed by atoms with E-state index in [9.17, 15) is 9.59 Å². The Morgan fingerprint density at radius 1 is 0.951 bits per heavy atom. The molecule has 0 saturated heterocycles. The van der Waals surface area contributed by atoms with Gasteiger partial charge < -0.3 is 13.9 Å². The molecule has 4 rings (SSSR count). The summed E-state index contributed by atoms with van der Waals surface area (Å²) in [4.78, 5) is 23.5. The second kappa shape index (κ2) is 14.5. The Balaban J connectivity index is 0.000000561. The molecule has 1 saturated carbocycles. The number of carbonyl (C=O) groups excluding carboxylic acids is 1. The summed E-state index contributed by atoms with van der Waals surface area (Å²) in [5.41, 5.74) is 3.06. The number of carbonyl (C=O) groups is 1. The third kappa shape index (κ3) is 9.34. The number of aryl methyl sites for hydroxylation is 1. The standard InChI is InChI=1S/C27H32O5.C7H12.C2H6/c1-6-7-8-9-19-10-12-20(13-11-19)23-16-21-14-15-22(17-24(21)31-25(23)29)32-27(4,5)26(2,3)30-18-28;1-6-4-7(2,3)5-6;1-2/h10-18H,6-9H2,1-5H3;1,4-5H2,2-3H3;1-2H3. The molecule has 0 N–H and O–H groups in total. The number of hydrogen-bond acceptors (Lipinski definition) is 5. The lowest BCUT2D eigenvalue weighted by molar-refractivity contribution is -0.161. The van der Waals surface area contributed by atoms with Gasteiger partial charge in [-0.05, 0) is 88.1 Å². The minimum atomic E-state index is -0.850. The zero-order valence-corrected chi connectivity index (χ0v) is 26.7. The van der Waals surface area contributed by atoms with Crippen molar-refractivity contribution in [3.05, 3.63) is 76.7 Å².